The average molecular weight is 699 g/mol. The molecule has 0 N–H and O–H groups in total. The van der Waals surface area contributed by atoms with Crippen LogP contribution in [0.4, 0.5) is 23.7 Å². The Bertz CT molecular complexity index is 1510. The number of anilines is 1. The van der Waals surface area contributed by atoms with Gasteiger partial charge in [-0.05, 0) is 119 Å². The van der Waals surface area contributed by atoms with Crippen molar-refractivity contribution >= 4 is 17.4 Å². The Balaban J connectivity index is 1.69. The number of unbranched alkanes of at least 4 members (excludes halogenated alkanes) is 1. The Hall–Kier alpha value is -4.08. The molecule has 0 unspecified atom stereocenters. The smallest absolute Gasteiger partial charge is 0.493 e. The Labute approximate surface area is 295 Å². The number of allylic oxidation sites excluding steroid dienone is 4. The molecule has 0 radical (unpaired) electrons. The lowest BCUT2D eigenvalue weighted by molar-refractivity contribution is -0.274. The Kier molecular flexibility index (Phi) is 13.3. The number of hydrogen-bond acceptors (Lipinski definition) is 6. The van der Waals surface area contributed by atoms with E-state index in [0.29, 0.717) is 44.1 Å². The van der Waals surface area contributed by atoms with Crippen molar-refractivity contribution < 1.29 is 36.9 Å². The molecule has 0 atom stereocenters. The topological polar surface area (TPSA) is 60.5 Å². The van der Waals surface area contributed by atoms with Crippen LogP contribution in [0, 0.1) is 0 Å². The number of alkyl halides is 3. The molecule has 1 heterocycles. The van der Waals surface area contributed by atoms with Crippen LogP contribution in [0.5, 0.6) is 17.2 Å². The number of rotatable bonds is 13. The largest absolute Gasteiger partial charge is 0.573 e. The fourth-order valence-electron chi connectivity index (χ4n) is 6.36. The van der Waals surface area contributed by atoms with Gasteiger partial charge in [0.1, 0.15) is 11.4 Å². The summed E-state index contributed by atoms with van der Waals surface area (Å²) >= 11 is 0. The minimum Gasteiger partial charge on any atom is -0.493 e. The van der Waals surface area contributed by atoms with Gasteiger partial charge in [-0.25, -0.2) is 4.79 Å². The molecule has 0 bridgehead atoms. The molecule has 0 aromatic heterocycles. The minimum atomic E-state index is -4.78. The van der Waals surface area contributed by atoms with Gasteiger partial charge in [-0.1, -0.05) is 44.1 Å². The molecule has 1 saturated heterocycles. The Morgan fingerprint density at radius 3 is 2.22 bits per heavy atom. The standard InChI is InChI=1S/C40H53F3N2O5/c1-8-9-10-11-13-29(24-28(2)31-25-35(30-14-12-15-30)37(48-7)36(26-31)47-6)27-45(32-16-18-34(19-17-32)49-40(41,42)43)33-20-22-44(23-21-33)38(46)50-39(3,4)5/h10-11,13,16-19,24-26,30,33H,8-9,12,14-15,20-23,27H2,1-7H3/b11-10-,28-24+,29-13+. The van der Waals surface area contributed by atoms with Gasteiger partial charge in [0, 0.05) is 36.9 Å². The number of carbonyl (C=O) groups excluding carboxylic acids is 1. The van der Waals surface area contributed by atoms with Gasteiger partial charge in [0.25, 0.3) is 0 Å². The third-order valence-electron chi connectivity index (χ3n) is 9.12. The molecular formula is C40H53F3N2O5. The van der Waals surface area contributed by atoms with E-state index in [1.165, 1.54) is 18.6 Å². The number of piperidine rings is 1. The van der Waals surface area contributed by atoms with E-state index in [0.717, 1.165) is 59.4 Å². The highest BCUT2D eigenvalue weighted by atomic mass is 19.4. The molecule has 274 valence electrons. The summed E-state index contributed by atoms with van der Waals surface area (Å²) in [6.45, 7) is 11.3. The molecule has 1 saturated carbocycles. The van der Waals surface area contributed by atoms with Crippen molar-refractivity contribution in [3.8, 4) is 17.2 Å². The fraction of sp³-hybridized carbons (Fsp3) is 0.525. The van der Waals surface area contributed by atoms with Crippen molar-refractivity contribution in [2.24, 2.45) is 0 Å². The average Bonchev–Trinajstić information content (AvgIpc) is 3.03. The van der Waals surface area contributed by atoms with Crippen LogP contribution in [0.2, 0.25) is 0 Å². The maximum absolute atomic E-state index is 13.0. The summed E-state index contributed by atoms with van der Waals surface area (Å²) in [6, 6.07) is 10.3. The predicted molar refractivity (Wildman–Crippen MR) is 193 cm³/mol. The molecule has 7 nitrogen and oxygen atoms in total. The van der Waals surface area contributed by atoms with Gasteiger partial charge in [0.2, 0.25) is 0 Å². The van der Waals surface area contributed by atoms with Crippen LogP contribution in [-0.4, -0.2) is 62.9 Å². The van der Waals surface area contributed by atoms with Crippen LogP contribution in [0.3, 0.4) is 0 Å². The lowest BCUT2D eigenvalue weighted by Gasteiger charge is -2.40. The predicted octanol–water partition coefficient (Wildman–Crippen LogP) is 10.5. The summed E-state index contributed by atoms with van der Waals surface area (Å²) in [5.41, 5.74) is 4.45. The summed E-state index contributed by atoms with van der Waals surface area (Å²) in [4.78, 5) is 16.8. The first-order valence-electron chi connectivity index (χ1n) is 17.6. The van der Waals surface area contributed by atoms with Gasteiger partial charge < -0.3 is 28.7 Å². The molecule has 2 aromatic carbocycles. The summed E-state index contributed by atoms with van der Waals surface area (Å²) in [5.74, 6) is 1.65. The molecule has 0 spiro atoms. The van der Waals surface area contributed by atoms with Crippen molar-refractivity contribution in [3.05, 3.63) is 77.4 Å². The molecule has 4 rings (SSSR count). The van der Waals surface area contributed by atoms with Crippen LogP contribution >= 0.6 is 0 Å². The van der Waals surface area contributed by atoms with Crippen LogP contribution in [-0.2, 0) is 4.74 Å². The monoisotopic (exact) mass is 698 g/mol. The van der Waals surface area contributed by atoms with E-state index in [1.54, 1.807) is 31.3 Å². The summed E-state index contributed by atoms with van der Waals surface area (Å²) in [6.07, 6.45) is 10.1. The number of benzene rings is 2. The molecule has 2 aromatic rings. The SMILES string of the molecule is CCC\C=C/C=C(\C=C(/C)c1cc(OC)c(OC)c(C2CCC2)c1)CN(c1ccc(OC(F)(F)F)cc1)C1CCN(C(=O)OC(C)(C)C)CC1. The van der Waals surface area contributed by atoms with E-state index >= 15 is 0 Å². The maximum atomic E-state index is 13.0. The number of nitrogens with zero attached hydrogens (tertiary/aromatic N) is 2. The second-order valence-electron chi connectivity index (χ2n) is 14.1. The van der Waals surface area contributed by atoms with Crippen molar-refractivity contribution in [1.29, 1.82) is 0 Å². The molecule has 50 heavy (non-hydrogen) atoms. The van der Waals surface area contributed by atoms with Crippen LogP contribution < -0.4 is 19.1 Å². The highest BCUT2D eigenvalue weighted by molar-refractivity contribution is 5.71. The first kappa shape index (κ1) is 38.7. The van der Waals surface area contributed by atoms with Gasteiger partial charge in [-0.15, -0.1) is 13.2 Å². The van der Waals surface area contributed by atoms with Crippen molar-refractivity contribution in [1.82, 2.24) is 4.90 Å². The minimum absolute atomic E-state index is 0.0195. The number of likely N-dealkylation sites (tertiary alicyclic amines) is 1. The molecule has 2 fully saturated rings. The molecule has 2 aliphatic rings. The van der Waals surface area contributed by atoms with E-state index in [-0.39, 0.29) is 17.9 Å². The number of hydrogen-bond donors (Lipinski definition) is 0. The Morgan fingerprint density at radius 1 is 1.00 bits per heavy atom. The molecular weight excluding hydrogens is 645 g/mol. The van der Waals surface area contributed by atoms with Gasteiger partial charge in [-0.2, -0.15) is 0 Å². The molecule has 10 heteroatoms. The molecule has 1 aliphatic carbocycles. The highest BCUT2D eigenvalue weighted by Crippen LogP contribution is 2.46. The third-order valence-corrected chi connectivity index (χ3v) is 9.12. The van der Waals surface area contributed by atoms with E-state index in [1.807, 2.05) is 26.8 Å². The van der Waals surface area contributed by atoms with E-state index in [2.05, 4.69) is 53.9 Å². The molecule has 1 amide bonds. The first-order valence-corrected chi connectivity index (χ1v) is 17.6. The number of ether oxygens (including phenoxy) is 4. The van der Waals surface area contributed by atoms with Gasteiger partial charge in [-0.3, -0.25) is 0 Å². The zero-order valence-electron chi connectivity index (χ0n) is 30.6. The zero-order chi connectivity index (χ0) is 36.5. The van der Waals surface area contributed by atoms with Crippen LogP contribution in [0.25, 0.3) is 5.57 Å². The lowest BCUT2D eigenvalue weighted by atomic mass is 9.78. The van der Waals surface area contributed by atoms with Crippen LogP contribution in [0.15, 0.2) is 66.3 Å². The van der Waals surface area contributed by atoms with Gasteiger partial charge in [0.05, 0.1) is 14.2 Å². The van der Waals surface area contributed by atoms with Crippen molar-refractivity contribution in [3.63, 3.8) is 0 Å². The number of carbonyl (C=O) groups is 1. The summed E-state index contributed by atoms with van der Waals surface area (Å²) in [7, 11) is 3.34. The number of amides is 1. The molecule has 1 aliphatic heterocycles. The first-order chi connectivity index (χ1) is 23.7. The quantitative estimate of drug-likeness (QED) is 0.194. The second-order valence-corrected chi connectivity index (χ2v) is 14.1. The second kappa shape index (κ2) is 17.2. The number of methoxy groups -OCH3 is 2. The van der Waals surface area contributed by atoms with Crippen molar-refractivity contribution in [2.75, 3.05) is 38.8 Å². The summed E-state index contributed by atoms with van der Waals surface area (Å²) in [5, 5.41) is 0. The van der Waals surface area contributed by atoms with E-state index in [4.69, 9.17) is 14.2 Å². The normalized spacial score (nSPS) is 16.7. The Morgan fingerprint density at radius 2 is 1.68 bits per heavy atom. The lowest BCUT2D eigenvalue weighted by Crippen LogP contribution is -2.48. The van der Waals surface area contributed by atoms with Crippen molar-refractivity contribution in [2.45, 2.75) is 103 Å². The highest BCUT2D eigenvalue weighted by Gasteiger charge is 2.32. The van der Waals surface area contributed by atoms with Crippen LogP contribution in [0.1, 0.15) is 96.6 Å². The summed E-state index contributed by atoms with van der Waals surface area (Å²) < 4.78 is 60.3. The maximum Gasteiger partial charge on any atom is 0.573 e. The van der Waals surface area contributed by atoms with Gasteiger partial charge >= 0.3 is 12.5 Å². The fourth-order valence-corrected chi connectivity index (χ4v) is 6.36. The van der Waals surface area contributed by atoms with Gasteiger partial charge in [0.15, 0.2) is 11.5 Å². The third kappa shape index (κ3) is 11.0. The number of halogens is 3. The zero-order valence-corrected chi connectivity index (χ0v) is 30.6. The van der Waals surface area contributed by atoms with E-state index in [9.17, 15) is 18.0 Å². The van der Waals surface area contributed by atoms with E-state index < -0.39 is 12.0 Å².